The van der Waals surface area contributed by atoms with Crippen LogP contribution in [0.4, 0.5) is 0 Å². The first kappa shape index (κ1) is 22.8. The zero-order valence-electron chi connectivity index (χ0n) is 17.7. The summed E-state index contributed by atoms with van der Waals surface area (Å²) >= 11 is 12.3. The summed E-state index contributed by atoms with van der Waals surface area (Å²) in [5, 5.41) is 11.6. The van der Waals surface area contributed by atoms with Gasteiger partial charge < -0.3 is 23.9 Å². The number of aliphatic hydroxyl groups excluding tert-OH is 1. The Bertz CT molecular complexity index is 1230. The Kier molecular flexibility index (Phi) is 6.35. The van der Waals surface area contributed by atoms with Crippen molar-refractivity contribution in [2.45, 2.75) is 12.6 Å². The molecule has 3 aromatic rings. The molecule has 33 heavy (non-hydrogen) atoms. The third-order valence-corrected chi connectivity index (χ3v) is 5.83. The molecule has 1 fully saturated rings. The Morgan fingerprint density at radius 3 is 2.42 bits per heavy atom. The van der Waals surface area contributed by atoms with Crippen molar-refractivity contribution in [2.75, 3.05) is 14.2 Å². The highest BCUT2D eigenvalue weighted by Gasteiger charge is 2.47. The molecule has 170 valence electrons. The minimum absolute atomic E-state index is 0.0917. The first-order chi connectivity index (χ1) is 15.8. The molecule has 2 heterocycles. The highest BCUT2D eigenvalue weighted by Crippen LogP contribution is 2.43. The lowest BCUT2D eigenvalue weighted by Gasteiger charge is -2.23. The van der Waals surface area contributed by atoms with Gasteiger partial charge in [-0.05, 0) is 42.0 Å². The van der Waals surface area contributed by atoms with Gasteiger partial charge in [-0.3, -0.25) is 9.59 Å². The normalized spacial score (nSPS) is 17.5. The predicted octanol–water partition coefficient (Wildman–Crippen LogP) is 5.23. The number of amides is 1. The van der Waals surface area contributed by atoms with Crippen LogP contribution in [-0.2, 0) is 16.1 Å². The molecule has 4 rings (SSSR count). The van der Waals surface area contributed by atoms with E-state index in [0.29, 0.717) is 11.5 Å². The molecule has 0 aliphatic carbocycles. The number of methoxy groups -OCH3 is 2. The summed E-state index contributed by atoms with van der Waals surface area (Å²) in [7, 11) is 2.93. The van der Waals surface area contributed by atoms with E-state index in [0.717, 1.165) is 5.56 Å². The highest BCUT2D eigenvalue weighted by molar-refractivity contribution is 6.46. The van der Waals surface area contributed by atoms with E-state index in [1.54, 1.807) is 43.5 Å². The molecular formula is C24H19Cl2NO6. The third-order valence-electron chi connectivity index (χ3n) is 5.33. The average Bonchev–Trinajstić information content (AvgIpc) is 3.41. The van der Waals surface area contributed by atoms with Gasteiger partial charge in [0.15, 0.2) is 0 Å². The minimum Gasteiger partial charge on any atom is -0.507 e. The molecule has 1 aliphatic heterocycles. The number of ketones is 1. The van der Waals surface area contributed by atoms with Crippen LogP contribution >= 0.6 is 23.2 Å². The lowest BCUT2D eigenvalue weighted by molar-refractivity contribution is -0.140. The molecule has 0 bridgehead atoms. The molecule has 1 atom stereocenters. The fraction of sp³-hybridized carbons (Fsp3) is 0.167. The molecule has 0 saturated carbocycles. The van der Waals surface area contributed by atoms with Crippen LogP contribution in [0.1, 0.15) is 22.9 Å². The van der Waals surface area contributed by atoms with Crippen molar-refractivity contribution in [3.05, 3.63) is 87.3 Å². The second-order valence-corrected chi connectivity index (χ2v) is 8.10. The Labute approximate surface area is 199 Å². The summed E-state index contributed by atoms with van der Waals surface area (Å²) < 4.78 is 16.0. The first-order valence-corrected chi connectivity index (χ1v) is 10.6. The number of rotatable bonds is 6. The standard InChI is InChI=1S/C24H19Cl2NO6/c1-31-15-7-5-13(6-8-15)12-27-20(18-4-3-9-33-18)19(22(29)24(27)30)21(28)16-10-14(25)11-17(26)23(16)32-2/h3-11,20,28H,12H2,1-2H3/b21-19-. The van der Waals surface area contributed by atoms with Gasteiger partial charge in [-0.25, -0.2) is 0 Å². The zero-order chi connectivity index (χ0) is 23.7. The fourth-order valence-corrected chi connectivity index (χ4v) is 4.37. The van der Waals surface area contributed by atoms with Crippen LogP contribution in [0.25, 0.3) is 5.76 Å². The lowest BCUT2D eigenvalue weighted by atomic mass is 9.98. The number of benzene rings is 2. The molecule has 1 amide bonds. The molecule has 7 nitrogen and oxygen atoms in total. The van der Waals surface area contributed by atoms with Gasteiger partial charge in [0.1, 0.15) is 29.1 Å². The average molecular weight is 488 g/mol. The number of Topliss-reactive ketones (excluding diaryl/α,β-unsaturated/α-hetero) is 1. The number of aliphatic hydroxyl groups is 1. The molecule has 1 saturated heterocycles. The maximum Gasteiger partial charge on any atom is 0.296 e. The van der Waals surface area contributed by atoms with Crippen molar-refractivity contribution in [3.8, 4) is 11.5 Å². The van der Waals surface area contributed by atoms with Crippen LogP contribution in [0.2, 0.25) is 10.0 Å². The molecule has 1 unspecified atom stereocenters. The number of furan rings is 1. The van der Waals surface area contributed by atoms with Crippen molar-refractivity contribution in [2.24, 2.45) is 0 Å². The van der Waals surface area contributed by atoms with E-state index in [-0.39, 0.29) is 33.5 Å². The Morgan fingerprint density at radius 2 is 1.82 bits per heavy atom. The van der Waals surface area contributed by atoms with Crippen molar-refractivity contribution in [1.82, 2.24) is 4.90 Å². The van der Waals surface area contributed by atoms with E-state index >= 15 is 0 Å². The van der Waals surface area contributed by atoms with Crippen molar-refractivity contribution >= 4 is 40.7 Å². The number of halogens is 2. The summed E-state index contributed by atoms with van der Waals surface area (Å²) in [6.45, 7) is 0.101. The Hall–Kier alpha value is -3.42. The SMILES string of the molecule is COc1ccc(CN2C(=O)C(=O)/C(=C(\O)c3cc(Cl)cc(Cl)c3OC)C2c2ccco2)cc1. The molecule has 1 aliphatic rings. The van der Waals surface area contributed by atoms with Gasteiger partial charge in [0.25, 0.3) is 11.7 Å². The van der Waals surface area contributed by atoms with Crippen LogP contribution in [0, 0.1) is 0 Å². The maximum absolute atomic E-state index is 13.1. The number of nitrogens with zero attached hydrogens (tertiary/aromatic N) is 1. The quantitative estimate of drug-likeness (QED) is 0.291. The number of hydrogen-bond donors (Lipinski definition) is 1. The van der Waals surface area contributed by atoms with E-state index < -0.39 is 23.5 Å². The van der Waals surface area contributed by atoms with Crippen LogP contribution in [0.3, 0.4) is 0 Å². The van der Waals surface area contributed by atoms with E-state index in [2.05, 4.69) is 0 Å². The second kappa shape index (κ2) is 9.21. The summed E-state index contributed by atoms with van der Waals surface area (Å²) in [5.41, 5.74) is 0.701. The number of carbonyl (C=O) groups is 2. The third kappa shape index (κ3) is 4.17. The van der Waals surface area contributed by atoms with Crippen LogP contribution in [0.15, 0.2) is 64.8 Å². The smallest absolute Gasteiger partial charge is 0.296 e. The van der Waals surface area contributed by atoms with E-state index in [4.69, 9.17) is 37.1 Å². The topological polar surface area (TPSA) is 89.2 Å². The molecule has 2 aromatic carbocycles. The molecule has 0 spiro atoms. The number of carbonyl (C=O) groups excluding carboxylic acids is 2. The van der Waals surface area contributed by atoms with Gasteiger partial charge >= 0.3 is 0 Å². The number of likely N-dealkylation sites (tertiary alicyclic amines) is 1. The molecule has 9 heteroatoms. The van der Waals surface area contributed by atoms with E-state index in [1.807, 2.05) is 0 Å². The maximum atomic E-state index is 13.1. The van der Waals surface area contributed by atoms with Crippen molar-refractivity contribution in [1.29, 1.82) is 0 Å². The van der Waals surface area contributed by atoms with Gasteiger partial charge in [0.2, 0.25) is 0 Å². The van der Waals surface area contributed by atoms with E-state index in [9.17, 15) is 14.7 Å². The summed E-state index contributed by atoms with van der Waals surface area (Å²) in [6.07, 6.45) is 1.43. The fourth-order valence-electron chi connectivity index (χ4n) is 3.80. The minimum atomic E-state index is -0.968. The monoisotopic (exact) mass is 487 g/mol. The van der Waals surface area contributed by atoms with Gasteiger partial charge in [0.05, 0.1) is 36.6 Å². The lowest BCUT2D eigenvalue weighted by Crippen LogP contribution is -2.29. The van der Waals surface area contributed by atoms with Gasteiger partial charge in [0, 0.05) is 11.6 Å². The molecule has 1 N–H and O–H groups in total. The van der Waals surface area contributed by atoms with Crippen molar-refractivity contribution < 1.29 is 28.6 Å². The summed E-state index contributed by atoms with van der Waals surface area (Å²) in [6, 6.07) is 12.3. The van der Waals surface area contributed by atoms with Crippen molar-refractivity contribution in [3.63, 3.8) is 0 Å². The molecule has 1 aromatic heterocycles. The van der Waals surface area contributed by atoms with Crippen LogP contribution in [-0.4, -0.2) is 35.9 Å². The number of hydrogen-bond acceptors (Lipinski definition) is 6. The largest absolute Gasteiger partial charge is 0.507 e. The Morgan fingerprint density at radius 1 is 1.09 bits per heavy atom. The summed E-state index contributed by atoms with van der Waals surface area (Å²) in [5.74, 6) is -1.00. The van der Waals surface area contributed by atoms with Crippen LogP contribution < -0.4 is 9.47 Å². The highest BCUT2D eigenvalue weighted by atomic mass is 35.5. The van der Waals surface area contributed by atoms with Gasteiger partial charge in [-0.2, -0.15) is 0 Å². The predicted molar refractivity (Wildman–Crippen MR) is 123 cm³/mol. The number of ether oxygens (including phenoxy) is 2. The Balaban J connectivity index is 1.86. The second-order valence-electron chi connectivity index (χ2n) is 7.26. The molecule has 0 radical (unpaired) electrons. The van der Waals surface area contributed by atoms with E-state index in [1.165, 1.54) is 30.4 Å². The van der Waals surface area contributed by atoms with Gasteiger partial charge in [-0.1, -0.05) is 35.3 Å². The van der Waals surface area contributed by atoms with Gasteiger partial charge in [-0.15, -0.1) is 0 Å². The van der Waals surface area contributed by atoms with Crippen LogP contribution in [0.5, 0.6) is 11.5 Å². The zero-order valence-corrected chi connectivity index (χ0v) is 19.2. The first-order valence-electron chi connectivity index (χ1n) is 9.83. The summed E-state index contributed by atoms with van der Waals surface area (Å²) in [4.78, 5) is 27.5. The molecular weight excluding hydrogens is 469 g/mol.